The number of carbonyl (C=O) groups excluding carboxylic acids is 2. The second kappa shape index (κ2) is 11.7. The number of hydrogen-bond donors (Lipinski definition) is 2. The van der Waals surface area contributed by atoms with Gasteiger partial charge in [0.05, 0.1) is 22.9 Å². The number of fused-ring (bicyclic) bond motifs is 3. The van der Waals surface area contributed by atoms with Crippen LogP contribution in [-0.2, 0) is 9.59 Å². The fourth-order valence-electron chi connectivity index (χ4n) is 3.04. The Morgan fingerprint density at radius 1 is 0.500 bits per heavy atom. The topological polar surface area (TPSA) is 58.2 Å². The molecule has 32 heavy (non-hydrogen) atoms. The van der Waals surface area contributed by atoms with Crippen molar-refractivity contribution in [2.45, 2.75) is 19.6 Å². The Labute approximate surface area is 205 Å². The molecule has 2 amide bonds. The van der Waals surface area contributed by atoms with Crippen LogP contribution in [0.5, 0.6) is 0 Å². The van der Waals surface area contributed by atoms with E-state index in [0.29, 0.717) is 11.5 Å². The van der Waals surface area contributed by atoms with Gasteiger partial charge in [-0.15, -0.1) is 47.0 Å². The summed E-state index contributed by atoms with van der Waals surface area (Å²) in [6, 6.07) is 23.7. The second-order valence-electron chi connectivity index (χ2n) is 6.81. The Hall–Kier alpha value is -2.00. The summed E-state index contributed by atoms with van der Waals surface area (Å²) in [5.41, 5.74) is 1.70. The minimum Gasteiger partial charge on any atom is -0.324 e. The highest BCUT2D eigenvalue weighted by Gasteiger charge is 2.13. The van der Waals surface area contributed by atoms with Crippen molar-refractivity contribution in [1.29, 1.82) is 0 Å². The lowest BCUT2D eigenvalue weighted by Crippen LogP contribution is -2.15. The zero-order valence-electron chi connectivity index (χ0n) is 17.2. The van der Waals surface area contributed by atoms with Crippen LogP contribution in [0.15, 0.2) is 92.4 Å². The Kier molecular flexibility index (Phi) is 8.50. The van der Waals surface area contributed by atoms with Gasteiger partial charge >= 0.3 is 0 Å². The van der Waals surface area contributed by atoms with E-state index in [2.05, 4.69) is 10.6 Å². The van der Waals surface area contributed by atoms with Gasteiger partial charge in [-0.05, 0) is 36.4 Å². The zero-order chi connectivity index (χ0) is 22.2. The molecular weight excluding hydrogens is 477 g/mol. The summed E-state index contributed by atoms with van der Waals surface area (Å²) < 4.78 is 0. The molecule has 0 aromatic heterocycles. The quantitative estimate of drug-likeness (QED) is 0.377. The van der Waals surface area contributed by atoms with Crippen LogP contribution in [0.3, 0.4) is 0 Å². The van der Waals surface area contributed by atoms with Gasteiger partial charge < -0.3 is 10.6 Å². The van der Waals surface area contributed by atoms with Crippen molar-refractivity contribution in [1.82, 2.24) is 0 Å². The summed E-state index contributed by atoms with van der Waals surface area (Å²) in [7, 11) is 0. The van der Waals surface area contributed by atoms with Crippen molar-refractivity contribution in [2.24, 2.45) is 0 Å². The number of hydrogen-bond acceptors (Lipinski definition) is 6. The number of carbonyl (C=O) groups is 2. The van der Waals surface area contributed by atoms with Gasteiger partial charge in [0.2, 0.25) is 11.8 Å². The predicted octanol–water partition coefficient (Wildman–Crippen LogP) is 6.35. The van der Waals surface area contributed by atoms with E-state index in [1.54, 1.807) is 23.5 Å². The zero-order valence-corrected chi connectivity index (χ0v) is 20.5. The first kappa shape index (κ1) is 23.2. The molecule has 0 bridgehead atoms. The Balaban J connectivity index is 1.57. The monoisotopic (exact) mass is 498 g/mol. The van der Waals surface area contributed by atoms with Gasteiger partial charge in [-0.1, -0.05) is 36.4 Å². The number of benzene rings is 3. The maximum absolute atomic E-state index is 12.6. The molecule has 1 heterocycles. The van der Waals surface area contributed by atoms with E-state index in [0.717, 1.165) is 42.5 Å². The molecule has 0 unspecified atom stereocenters. The van der Waals surface area contributed by atoms with Crippen LogP contribution in [-0.4, -0.2) is 34.8 Å². The molecule has 0 atom stereocenters. The first-order valence-corrected chi connectivity index (χ1v) is 14.0. The van der Waals surface area contributed by atoms with Crippen molar-refractivity contribution >= 4 is 70.2 Å². The van der Waals surface area contributed by atoms with Crippen LogP contribution < -0.4 is 10.6 Å². The van der Waals surface area contributed by atoms with E-state index in [9.17, 15) is 9.59 Å². The molecule has 0 radical (unpaired) electrons. The van der Waals surface area contributed by atoms with Gasteiger partial charge in [0.25, 0.3) is 0 Å². The molecule has 2 N–H and O–H groups in total. The standard InChI is InChI=1S/C24H22N2O2S4/c27-23-15-31-21-11-5-6-12-22(21)32-16-24(28)26-18-8-2-4-10-20(18)30-14-13-29-19-9-3-1-7-17(19)25-23/h1-12H,13-16H2,(H,25,27)(H,26,28). The first-order chi connectivity index (χ1) is 15.7. The van der Waals surface area contributed by atoms with Gasteiger partial charge in [0.15, 0.2) is 0 Å². The molecule has 0 aliphatic carbocycles. The summed E-state index contributed by atoms with van der Waals surface area (Å²) in [5.74, 6) is 2.32. The molecular formula is C24H22N2O2S4. The molecule has 0 fully saturated rings. The van der Waals surface area contributed by atoms with E-state index >= 15 is 0 Å². The molecule has 3 aromatic carbocycles. The van der Waals surface area contributed by atoms with Gasteiger partial charge in [-0.25, -0.2) is 0 Å². The van der Waals surface area contributed by atoms with Gasteiger partial charge in [-0.3, -0.25) is 9.59 Å². The predicted molar refractivity (Wildman–Crippen MR) is 139 cm³/mol. The molecule has 4 rings (SSSR count). The highest BCUT2D eigenvalue weighted by Crippen LogP contribution is 2.34. The molecule has 164 valence electrons. The van der Waals surface area contributed by atoms with E-state index in [1.165, 1.54) is 23.5 Å². The maximum Gasteiger partial charge on any atom is 0.234 e. The third kappa shape index (κ3) is 6.51. The van der Waals surface area contributed by atoms with E-state index in [1.807, 2.05) is 72.8 Å². The molecule has 3 aromatic rings. The van der Waals surface area contributed by atoms with Gasteiger partial charge in [0.1, 0.15) is 0 Å². The summed E-state index contributed by atoms with van der Waals surface area (Å²) >= 11 is 6.42. The van der Waals surface area contributed by atoms with E-state index in [-0.39, 0.29) is 11.8 Å². The minimum atomic E-state index is -0.0370. The molecule has 1 aliphatic heterocycles. The van der Waals surface area contributed by atoms with Crippen LogP contribution in [0.4, 0.5) is 11.4 Å². The normalized spacial score (nSPS) is 15.8. The molecule has 8 heteroatoms. The lowest BCUT2D eigenvalue weighted by Gasteiger charge is -2.14. The SMILES string of the molecule is O=C1CSc2ccccc2SCC(=O)Nc2ccccc2SCCSc2ccccc2N1. The number of para-hydroxylation sites is 2. The highest BCUT2D eigenvalue weighted by molar-refractivity contribution is 8.03. The Bertz CT molecular complexity index is 1020. The Morgan fingerprint density at radius 3 is 1.31 bits per heavy atom. The van der Waals surface area contributed by atoms with Crippen LogP contribution >= 0.6 is 47.0 Å². The lowest BCUT2D eigenvalue weighted by atomic mass is 10.3. The number of nitrogens with one attached hydrogen (secondary N) is 2. The molecule has 0 saturated carbocycles. The summed E-state index contributed by atoms with van der Waals surface area (Å²) in [4.78, 5) is 29.4. The van der Waals surface area contributed by atoms with Crippen molar-refractivity contribution in [2.75, 3.05) is 33.6 Å². The van der Waals surface area contributed by atoms with Crippen LogP contribution in [0.2, 0.25) is 0 Å². The highest BCUT2D eigenvalue weighted by atomic mass is 32.2. The molecule has 1 aliphatic rings. The van der Waals surface area contributed by atoms with Crippen molar-refractivity contribution < 1.29 is 9.59 Å². The number of thioether (sulfide) groups is 4. The molecule has 4 nitrogen and oxygen atoms in total. The summed E-state index contributed by atoms with van der Waals surface area (Å²) in [6.07, 6.45) is 0. The van der Waals surface area contributed by atoms with Crippen molar-refractivity contribution in [3.8, 4) is 0 Å². The maximum atomic E-state index is 12.6. The van der Waals surface area contributed by atoms with Crippen molar-refractivity contribution in [3.63, 3.8) is 0 Å². The molecule has 0 saturated heterocycles. The van der Waals surface area contributed by atoms with Crippen molar-refractivity contribution in [3.05, 3.63) is 72.8 Å². The fourth-order valence-corrected chi connectivity index (χ4v) is 6.89. The average Bonchev–Trinajstić information content (AvgIpc) is 2.81. The van der Waals surface area contributed by atoms with Crippen LogP contribution in [0.1, 0.15) is 0 Å². The number of amides is 2. The summed E-state index contributed by atoms with van der Waals surface area (Å²) in [6.45, 7) is 0. The van der Waals surface area contributed by atoms with Gasteiger partial charge in [-0.2, -0.15) is 0 Å². The van der Waals surface area contributed by atoms with Crippen LogP contribution in [0, 0.1) is 0 Å². The smallest absolute Gasteiger partial charge is 0.234 e. The third-order valence-electron chi connectivity index (χ3n) is 4.49. The average molecular weight is 499 g/mol. The number of anilines is 2. The van der Waals surface area contributed by atoms with Crippen LogP contribution in [0.25, 0.3) is 0 Å². The third-order valence-corrected chi connectivity index (χ3v) is 9.17. The fraction of sp³-hybridized carbons (Fsp3) is 0.167. The Morgan fingerprint density at radius 2 is 0.875 bits per heavy atom. The molecule has 0 spiro atoms. The van der Waals surface area contributed by atoms with Gasteiger partial charge in [0, 0.05) is 31.1 Å². The number of rotatable bonds is 0. The lowest BCUT2D eigenvalue weighted by molar-refractivity contribution is -0.114. The minimum absolute atomic E-state index is 0.0370. The van der Waals surface area contributed by atoms with E-state index < -0.39 is 0 Å². The largest absolute Gasteiger partial charge is 0.324 e. The first-order valence-electron chi connectivity index (χ1n) is 10.1. The second-order valence-corrected chi connectivity index (χ2v) is 11.1. The summed E-state index contributed by atoms with van der Waals surface area (Å²) in [5, 5.41) is 6.12. The van der Waals surface area contributed by atoms with E-state index in [4.69, 9.17) is 0 Å².